The summed E-state index contributed by atoms with van der Waals surface area (Å²) in [6, 6.07) is 20.7. The minimum absolute atomic E-state index is 0.107. The SMILES string of the molecule is C[C@H]1Oc2ccc(NC(=O)c3nn(-c4ccccc4)c(=O)c4ccccc34)cc2NC1=O. The Morgan fingerprint density at radius 2 is 1.72 bits per heavy atom. The van der Waals surface area contributed by atoms with Crippen LogP contribution in [-0.2, 0) is 4.79 Å². The van der Waals surface area contributed by atoms with Gasteiger partial charge in [0, 0.05) is 11.1 Å². The normalized spacial score (nSPS) is 14.9. The molecule has 4 aromatic rings. The average molecular weight is 426 g/mol. The zero-order valence-corrected chi connectivity index (χ0v) is 17.0. The van der Waals surface area contributed by atoms with E-state index < -0.39 is 12.0 Å². The summed E-state index contributed by atoms with van der Waals surface area (Å²) < 4.78 is 6.77. The molecule has 3 aromatic carbocycles. The minimum Gasteiger partial charge on any atom is -0.479 e. The molecule has 0 unspecified atom stereocenters. The number of benzene rings is 3. The molecule has 2 heterocycles. The molecule has 0 saturated carbocycles. The third-order valence-electron chi connectivity index (χ3n) is 5.19. The molecule has 0 aliphatic carbocycles. The molecule has 1 aliphatic rings. The van der Waals surface area contributed by atoms with E-state index in [2.05, 4.69) is 15.7 Å². The predicted octanol–water partition coefficient (Wildman–Crippen LogP) is 3.36. The first-order valence-corrected chi connectivity index (χ1v) is 10.0. The van der Waals surface area contributed by atoms with E-state index in [4.69, 9.17) is 4.74 Å². The van der Waals surface area contributed by atoms with E-state index in [1.807, 2.05) is 6.07 Å². The molecule has 0 radical (unpaired) electrons. The average Bonchev–Trinajstić information content (AvgIpc) is 2.81. The van der Waals surface area contributed by atoms with Gasteiger partial charge >= 0.3 is 0 Å². The lowest BCUT2D eigenvalue weighted by Gasteiger charge is -2.23. The summed E-state index contributed by atoms with van der Waals surface area (Å²) >= 11 is 0. The molecule has 0 saturated heterocycles. The number of fused-ring (bicyclic) bond motifs is 2. The van der Waals surface area contributed by atoms with E-state index in [-0.39, 0.29) is 17.2 Å². The number of para-hydroxylation sites is 1. The van der Waals surface area contributed by atoms with Crippen molar-refractivity contribution in [3.63, 3.8) is 0 Å². The lowest BCUT2D eigenvalue weighted by atomic mass is 10.1. The van der Waals surface area contributed by atoms with Gasteiger partial charge in [-0.15, -0.1) is 0 Å². The van der Waals surface area contributed by atoms with Crippen LogP contribution in [0.4, 0.5) is 11.4 Å². The van der Waals surface area contributed by atoms with Crippen molar-refractivity contribution in [2.75, 3.05) is 10.6 Å². The number of carbonyl (C=O) groups excluding carboxylic acids is 2. The Bertz CT molecular complexity index is 1430. The maximum absolute atomic E-state index is 13.2. The van der Waals surface area contributed by atoms with E-state index in [0.717, 1.165) is 0 Å². The van der Waals surface area contributed by atoms with Crippen molar-refractivity contribution in [3.05, 3.63) is 88.8 Å². The van der Waals surface area contributed by atoms with Gasteiger partial charge in [-0.1, -0.05) is 36.4 Å². The Labute approximate surface area is 182 Å². The number of carbonyl (C=O) groups is 2. The van der Waals surface area contributed by atoms with Crippen LogP contribution in [0.15, 0.2) is 77.6 Å². The fraction of sp³-hybridized carbons (Fsp3) is 0.0833. The molecule has 1 atom stereocenters. The number of rotatable bonds is 3. The molecular weight excluding hydrogens is 408 g/mol. The van der Waals surface area contributed by atoms with Crippen molar-refractivity contribution in [2.24, 2.45) is 0 Å². The molecule has 32 heavy (non-hydrogen) atoms. The number of amides is 2. The van der Waals surface area contributed by atoms with E-state index in [1.54, 1.807) is 73.7 Å². The Morgan fingerprint density at radius 1 is 1.00 bits per heavy atom. The number of hydrogen-bond acceptors (Lipinski definition) is 5. The molecule has 2 N–H and O–H groups in total. The highest BCUT2D eigenvalue weighted by Gasteiger charge is 2.24. The summed E-state index contributed by atoms with van der Waals surface area (Å²) in [5, 5.41) is 10.8. The van der Waals surface area contributed by atoms with Gasteiger partial charge in [0.2, 0.25) is 0 Å². The van der Waals surface area contributed by atoms with Gasteiger partial charge in [-0.25, -0.2) is 0 Å². The Kier molecular flexibility index (Phi) is 4.67. The summed E-state index contributed by atoms with van der Waals surface area (Å²) in [6.45, 7) is 1.66. The summed E-state index contributed by atoms with van der Waals surface area (Å²) in [4.78, 5) is 38.1. The van der Waals surface area contributed by atoms with Crippen molar-refractivity contribution in [2.45, 2.75) is 13.0 Å². The first-order chi connectivity index (χ1) is 15.5. The van der Waals surface area contributed by atoms with Crippen LogP contribution in [0.5, 0.6) is 5.75 Å². The topological polar surface area (TPSA) is 102 Å². The number of nitrogens with zero attached hydrogens (tertiary/aromatic N) is 2. The smallest absolute Gasteiger partial charge is 0.279 e. The van der Waals surface area contributed by atoms with E-state index in [0.29, 0.717) is 33.6 Å². The molecule has 8 heteroatoms. The maximum atomic E-state index is 13.2. The largest absolute Gasteiger partial charge is 0.479 e. The zero-order chi connectivity index (χ0) is 22.2. The highest BCUT2D eigenvalue weighted by Crippen LogP contribution is 2.32. The van der Waals surface area contributed by atoms with Crippen molar-refractivity contribution >= 4 is 34.0 Å². The maximum Gasteiger partial charge on any atom is 0.279 e. The first kappa shape index (κ1) is 19.5. The van der Waals surface area contributed by atoms with E-state index in [9.17, 15) is 14.4 Å². The van der Waals surface area contributed by atoms with Gasteiger partial charge < -0.3 is 15.4 Å². The highest BCUT2D eigenvalue weighted by atomic mass is 16.5. The molecule has 0 fully saturated rings. The Hall–Kier alpha value is -4.46. The summed E-state index contributed by atoms with van der Waals surface area (Å²) in [6.07, 6.45) is -0.586. The van der Waals surface area contributed by atoms with Crippen LogP contribution in [0.2, 0.25) is 0 Å². The molecule has 158 valence electrons. The molecule has 8 nitrogen and oxygen atoms in total. The zero-order valence-electron chi connectivity index (χ0n) is 17.0. The van der Waals surface area contributed by atoms with Crippen molar-refractivity contribution in [1.29, 1.82) is 0 Å². The molecule has 5 rings (SSSR count). The quantitative estimate of drug-likeness (QED) is 0.523. The minimum atomic E-state index is -0.586. The lowest BCUT2D eigenvalue weighted by Crippen LogP contribution is -2.34. The fourth-order valence-corrected chi connectivity index (χ4v) is 3.58. The van der Waals surface area contributed by atoms with Crippen molar-refractivity contribution in [3.8, 4) is 11.4 Å². The number of nitrogens with one attached hydrogen (secondary N) is 2. The van der Waals surface area contributed by atoms with Crippen LogP contribution in [0.25, 0.3) is 16.5 Å². The van der Waals surface area contributed by atoms with E-state index in [1.165, 1.54) is 4.68 Å². The van der Waals surface area contributed by atoms with Gasteiger partial charge in [0.05, 0.1) is 16.8 Å². The van der Waals surface area contributed by atoms with Crippen LogP contribution in [0, 0.1) is 0 Å². The van der Waals surface area contributed by atoms with Gasteiger partial charge in [-0.3, -0.25) is 14.4 Å². The van der Waals surface area contributed by atoms with Crippen LogP contribution in [0.1, 0.15) is 17.4 Å². The summed E-state index contributed by atoms with van der Waals surface area (Å²) in [5.74, 6) is -0.220. The summed E-state index contributed by atoms with van der Waals surface area (Å²) in [5.41, 5.74) is 1.27. The van der Waals surface area contributed by atoms with Gasteiger partial charge in [0.1, 0.15) is 5.75 Å². The fourth-order valence-electron chi connectivity index (χ4n) is 3.58. The first-order valence-electron chi connectivity index (χ1n) is 10.0. The third-order valence-corrected chi connectivity index (χ3v) is 5.19. The monoisotopic (exact) mass is 426 g/mol. The highest BCUT2D eigenvalue weighted by molar-refractivity contribution is 6.11. The van der Waals surface area contributed by atoms with Gasteiger partial charge in [0.15, 0.2) is 11.8 Å². The predicted molar refractivity (Wildman–Crippen MR) is 120 cm³/mol. The van der Waals surface area contributed by atoms with Gasteiger partial charge in [-0.2, -0.15) is 9.78 Å². The van der Waals surface area contributed by atoms with Crippen molar-refractivity contribution < 1.29 is 14.3 Å². The van der Waals surface area contributed by atoms with Crippen LogP contribution in [-0.4, -0.2) is 27.7 Å². The molecule has 0 bridgehead atoms. The Balaban J connectivity index is 1.56. The summed E-state index contributed by atoms with van der Waals surface area (Å²) in [7, 11) is 0. The van der Waals surface area contributed by atoms with Gasteiger partial charge in [-0.05, 0) is 43.3 Å². The second-order valence-electron chi connectivity index (χ2n) is 7.36. The van der Waals surface area contributed by atoms with Crippen molar-refractivity contribution in [1.82, 2.24) is 9.78 Å². The number of aromatic nitrogens is 2. The molecule has 2 amide bonds. The molecule has 0 spiro atoms. The van der Waals surface area contributed by atoms with Crippen LogP contribution < -0.4 is 20.9 Å². The third kappa shape index (κ3) is 3.37. The lowest BCUT2D eigenvalue weighted by molar-refractivity contribution is -0.122. The molecule has 1 aromatic heterocycles. The van der Waals surface area contributed by atoms with Crippen LogP contribution in [0.3, 0.4) is 0 Å². The Morgan fingerprint density at radius 3 is 2.50 bits per heavy atom. The van der Waals surface area contributed by atoms with E-state index >= 15 is 0 Å². The second-order valence-corrected chi connectivity index (χ2v) is 7.36. The second kappa shape index (κ2) is 7.66. The van der Waals surface area contributed by atoms with Gasteiger partial charge in [0.25, 0.3) is 17.4 Å². The number of anilines is 2. The molecule has 1 aliphatic heterocycles. The molecular formula is C24H18N4O4. The van der Waals surface area contributed by atoms with Crippen LogP contribution >= 0.6 is 0 Å². The standard InChI is InChI=1S/C24H18N4O4/c1-14-22(29)26-19-13-15(11-12-20(19)32-14)25-23(30)21-17-9-5-6-10-18(17)24(31)28(27-21)16-7-3-2-4-8-16/h2-14H,1H3,(H,25,30)(H,26,29)/t14-/m1/s1. The number of ether oxygens (including phenoxy) is 1. The number of hydrogen-bond donors (Lipinski definition) is 2.